The summed E-state index contributed by atoms with van der Waals surface area (Å²) < 4.78 is 0. The van der Waals surface area contributed by atoms with Gasteiger partial charge in [0.05, 0.1) is 0 Å². The molecule has 2 nitrogen and oxygen atoms in total. The van der Waals surface area contributed by atoms with Gasteiger partial charge in [-0.2, -0.15) is 0 Å². The number of hydrogen-bond acceptors (Lipinski definition) is 2. The van der Waals surface area contributed by atoms with E-state index in [-0.39, 0.29) is 0 Å². The van der Waals surface area contributed by atoms with E-state index in [9.17, 15) is 0 Å². The topological polar surface area (TPSA) is 24.9 Å². The lowest BCUT2D eigenvalue weighted by Gasteiger charge is -2.37. The fourth-order valence-electron chi connectivity index (χ4n) is 3.63. The zero-order valence-corrected chi connectivity index (χ0v) is 13.3. The maximum atomic E-state index is 4.34. The molecule has 3 unspecified atom stereocenters. The van der Waals surface area contributed by atoms with Crippen molar-refractivity contribution in [3.05, 3.63) is 30.1 Å². The molecule has 1 N–H and O–H groups in total. The van der Waals surface area contributed by atoms with E-state index >= 15 is 0 Å². The monoisotopic (exact) mass is 274 g/mol. The van der Waals surface area contributed by atoms with Crippen LogP contribution in [-0.2, 0) is 0 Å². The minimum Gasteiger partial charge on any atom is -0.314 e. The van der Waals surface area contributed by atoms with Crippen LogP contribution in [0.25, 0.3) is 0 Å². The molecule has 1 aromatic heterocycles. The third kappa shape index (κ3) is 4.31. The molecule has 2 rings (SSSR count). The van der Waals surface area contributed by atoms with Gasteiger partial charge < -0.3 is 5.32 Å². The zero-order valence-electron chi connectivity index (χ0n) is 13.3. The summed E-state index contributed by atoms with van der Waals surface area (Å²) in [5, 5.41) is 3.64. The second-order valence-electron chi connectivity index (χ2n) is 6.68. The minimum atomic E-state index is 0.581. The smallest absolute Gasteiger partial charge is 0.0302 e. The van der Waals surface area contributed by atoms with Gasteiger partial charge in [-0.25, -0.2) is 0 Å². The Kier molecular flexibility index (Phi) is 6.03. The van der Waals surface area contributed by atoms with Gasteiger partial charge in [0.2, 0.25) is 0 Å². The molecule has 1 saturated carbocycles. The summed E-state index contributed by atoms with van der Waals surface area (Å²) in [6.07, 6.45) is 10.8. The van der Waals surface area contributed by atoms with Crippen molar-refractivity contribution in [2.24, 2.45) is 11.8 Å². The van der Waals surface area contributed by atoms with Crippen LogP contribution >= 0.6 is 0 Å². The molecule has 1 fully saturated rings. The van der Waals surface area contributed by atoms with Crippen molar-refractivity contribution < 1.29 is 0 Å². The van der Waals surface area contributed by atoms with Gasteiger partial charge in [0, 0.05) is 18.4 Å². The first-order valence-corrected chi connectivity index (χ1v) is 8.34. The number of hydrogen-bond donors (Lipinski definition) is 1. The summed E-state index contributed by atoms with van der Waals surface area (Å²) in [6.45, 7) is 7.94. The summed E-state index contributed by atoms with van der Waals surface area (Å²) in [5.74, 6) is 2.38. The third-order valence-electron chi connectivity index (χ3n) is 4.70. The molecule has 1 aliphatic carbocycles. The number of nitrogens with one attached hydrogen (secondary N) is 1. The number of nitrogens with zero attached hydrogens (tertiary/aromatic N) is 1. The first-order valence-electron chi connectivity index (χ1n) is 8.34. The van der Waals surface area contributed by atoms with Crippen LogP contribution in [0.5, 0.6) is 0 Å². The Morgan fingerprint density at radius 3 is 2.85 bits per heavy atom. The van der Waals surface area contributed by atoms with Crippen molar-refractivity contribution in [2.75, 3.05) is 6.54 Å². The van der Waals surface area contributed by atoms with Gasteiger partial charge in [0.25, 0.3) is 0 Å². The molecule has 1 heterocycles. The number of pyridine rings is 1. The summed E-state index contributed by atoms with van der Waals surface area (Å²) in [6, 6.07) is 4.94. The van der Waals surface area contributed by atoms with Crippen molar-refractivity contribution in [2.45, 2.75) is 64.8 Å². The van der Waals surface area contributed by atoms with Gasteiger partial charge in [-0.1, -0.05) is 46.1 Å². The fourth-order valence-corrected chi connectivity index (χ4v) is 3.63. The second-order valence-corrected chi connectivity index (χ2v) is 6.68. The molecule has 20 heavy (non-hydrogen) atoms. The van der Waals surface area contributed by atoms with Gasteiger partial charge in [0.15, 0.2) is 0 Å². The van der Waals surface area contributed by atoms with Crippen LogP contribution in [0.3, 0.4) is 0 Å². The maximum absolute atomic E-state index is 4.34. The first-order chi connectivity index (χ1) is 9.70. The molecule has 0 amide bonds. The quantitative estimate of drug-likeness (QED) is 0.832. The Balaban J connectivity index is 2.06. The normalized spacial score (nSPS) is 26.9. The number of aromatic nitrogens is 1. The van der Waals surface area contributed by atoms with Crippen LogP contribution in [0, 0.1) is 11.8 Å². The maximum Gasteiger partial charge on any atom is 0.0302 e. The molecule has 0 saturated heterocycles. The van der Waals surface area contributed by atoms with E-state index in [2.05, 4.69) is 49.4 Å². The Morgan fingerprint density at radius 2 is 2.20 bits per heavy atom. The van der Waals surface area contributed by atoms with E-state index in [1.807, 2.05) is 6.20 Å². The molecular weight excluding hydrogens is 244 g/mol. The highest BCUT2D eigenvalue weighted by molar-refractivity contribution is 5.17. The second kappa shape index (κ2) is 7.78. The lowest BCUT2D eigenvalue weighted by atomic mass is 9.70. The predicted octanol–water partition coefficient (Wildman–Crippen LogP) is 4.38. The Labute approximate surface area is 124 Å². The first kappa shape index (κ1) is 15.5. The van der Waals surface area contributed by atoms with Crippen LogP contribution in [0.1, 0.15) is 64.4 Å². The SMILES string of the molecule is CCCC1CCC(CNC(C)C)C(c2cccnc2)C1. The molecule has 0 spiro atoms. The van der Waals surface area contributed by atoms with Crippen molar-refractivity contribution in [1.29, 1.82) is 0 Å². The van der Waals surface area contributed by atoms with Crippen molar-refractivity contribution in [3.63, 3.8) is 0 Å². The molecule has 2 heteroatoms. The molecule has 0 aromatic carbocycles. The predicted molar refractivity (Wildman–Crippen MR) is 85.9 cm³/mol. The van der Waals surface area contributed by atoms with E-state index in [0.717, 1.165) is 18.4 Å². The molecule has 0 radical (unpaired) electrons. The molecule has 0 aliphatic heterocycles. The van der Waals surface area contributed by atoms with Crippen LogP contribution in [0.4, 0.5) is 0 Å². The summed E-state index contributed by atoms with van der Waals surface area (Å²) in [7, 11) is 0. The molecule has 112 valence electrons. The van der Waals surface area contributed by atoms with Gasteiger partial charge >= 0.3 is 0 Å². The highest BCUT2D eigenvalue weighted by atomic mass is 14.9. The van der Waals surface area contributed by atoms with Gasteiger partial charge in [0.1, 0.15) is 0 Å². The summed E-state index contributed by atoms with van der Waals surface area (Å²) >= 11 is 0. The standard InChI is InChI=1S/C18H30N2/c1-4-6-15-8-9-17(13-20-14(2)3)18(11-15)16-7-5-10-19-12-16/h5,7,10,12,14-15,17-18,20H,4,6,8-9,11,13H2,1-3H3. The van der Waals surface area contributed by atoms with E-state index in [1.165, 1.54) is 37.7 Å². The molecule has 1 aromatic rings. The van der Waals surface area contributed by atoms with E-state index in [1.54, 1.807) is 0 Å². The zero-order chi connectivity index (χ0) is 14.4. The lowest BCUT2D eigenvalue weighted by molar-refractivity contribution is 0.217. The average Bonchev–Trinajstić information content (AvgIpc) is 2.47. The number of rotatable bonds is 6. The minimum absolute atomic E-state index is 0.581. The van der Waals surface area contributed by atoms with Crippen molar-refractivity contribution in [3.8, 4) is 0 Å². The molecule has 3 atom stereocenters. The van der Waals surface area contributed by atoms with Crippen molar-refractivity contribution in [1.82, 2.24) is 10.3 Å². The largest absolute Gasteiger partial charge is 0.314 e. The van der Waals surface area contributed by atoms with E-state index in [0.29, 0.717) is 12.0 Å². The highest BCUT2D eigenvalue weighted by Crippen LogP contribution is 2.41. The fraction of sp³-hybridized carbons (Fsp3) is 0.722. The molecule has 0 bridgehead atoms. The van der Waals surface area contributed by atoms with Gasteiger partial charge in [-0.05, 0) is 48.8 Å². The van der Waals surface area contributed by atoms with Crippen LogP contribution in [-0.4, -0.2) is 17.6 Å². The highest BCUT2D eigenvalue weighted by Gasteiger charge is 2.31. The van der Waals surface area contributed by atoms with Crippen LogP contribution in [0.2, 0.25) is 0 Å². The van der Waals surface area contributed by atoms with Crippen LogP contribution < -0.4 is 5.32 Å². The summed E-state index contributed by atoms with van der Waals surface area (Å²) in [4.78, 5) is 4.34. The average molecular weight is 274 g/mol. The van der Waals surface area contributed by atoms with E-state index in [4.69, 9.17) is 0 Å². The molecular formula is C18H30N2. The van der Waals surface area contributed by atoms with E-state index < -0.39 is 0 Å². The third-order valence-corrected chi connectivity index (χ3v) is 4.70. The van der Waals surface area contributed by atoms with Crippen LogP contribution in [0.15, 0.2) is 24.5 Å². The van der Waals surface area contributed by atoms with Gasteiger partial charge in [-0.3, -0.25) is 4.98 Å². The Hall–Kier alpha value is -0.890. The van der Waals surface area contributed by atoms with Gasteiger partial charge in [-0.15, -0.1) is 0 Å². The lowest BCUT2D eigenvalue weighted by Crippen LogP contribution is -2.35. The Bertz CT molecular complexity index is 374. The van der Waals surface area contributed by atoms with Crippen molar-refractivity contribution >= 4 is 0 Å². The Morgan fingerprint density at radius 1 is 1.35 bits per heavy atom. The molecule has 1 aliphatic rings. The summed E-state index contributed by atoms with van der Waals surface area (Å²) in [5.41, 5.74) is 1.45.